The highest BCUT2D eigenvalue weighted by atomic mass is 35.5. The van der Waals surface area contributed by atoms with Crippen LogP contribution < -0.4 is 0 Å². The van der Waals surface area contributed by atoms with Crippen LogP contribution in [0.3, 0.4) is 0 Å². The lowest BCUT2D eigenvalue weighted by molar-refractivity contribution is 0.0249. The summed E-state index contributed by atoms with van der Waals surface area (Å²) in [6.07, 6.45) is 1.28. The highest BCUT2D eigenvalue weighted by molar-refractivity contribution is 5.90. The van der Waals surface area contributed by atoms with E-state index < -0.39 is 5.97 Å². The van der Waals surface area contributed by atoms with Gasteiger partial charge in [0.1, 0.15) is 0 Å². The molecule has 2 aliphatic heterocycles. The number of morpholine rings is 2. The minimum atomic E-state index is -0.847. The zero-order chi connectivity index (χ0) is 18.8. The summed E-state index contributed by atoms with van der Waals surface area (Å²) in [5.74, 6) is -0.847. The molecular formula is C20H34Cl2N2O4. The van der Waals surface area contributed by atoms with Crippen molar-refractivity contribution < 1.29 is 19.4 Å². The van der Waals surface area contributed by atoms with Crippen LogP contribution in [-0.4, -0.2) is 86.6 Å². The van der Waals surface area contributed by atoms with Crippen molar-refractivity contribution in [2.24, 2.45) is 0 Å². The number of nitrogens with zero attached hydrogens (tertiary/aromatic N) is 2. The number of halogens is 2. The van der Waals surface area contributed by atoms with E-state index in [9.17, 15) is 4.79 Å². The van der Waals surface area contributed by atoms with Crippen LogP contribution in [0.1, 0.15) is 27.9 Å². The standard InChI is InChI=1S/C11H22N2O2.C9H10O2.2ClH/c1(2-12-4-8-14-9-5-12)3-13-6-10-15-11-7-13;1-6-4-3-5-7(2)8(6)9(10)11;;/h1-11H2;3-5H,1-2H3,(H,10,11);2*1H. The fourth-order valence-corrected chi connectivity index (χ4v) is 3.32. The normalized spacial score (nSPS) is 17.5. The molecule has 0 amide bonds. The minimum absolute atomic E-state index is 0. The molecule has 1 aromatic rings. The van der Waals surface area contributed by atoms with Crippen LogP contribution in [0, 0.1) is 13.8 Å². The van der Waals surface area contributed by atoms with Crippen molar-refractivity contribution in [3.05, 3.63) is 34.9 Å². The molecule has 2 aliphatic rings. The van der Waals surface area contributed by atoms with Gasteiger partial charge in [-0.25, -0.2) is 4.79 Å². The Morgan fingerprint density at radius 1 is 0.893 bits per heavy atom. The molecule has 1 aromatic carbocycles. The van der Waals surface area contributed by atoms with Gasteiger partial charge in [-0.05, 0) is 44.5 Å². The maximum Gasteiger partial charge on any atom is 0.336 e. The van der Waals surface area contributed by atoms with E-state index in [-0.39, 0.29) is 24.8 Å². The zero-order valence-corrected chi connectivity index (χ0v) is 18.5. The van der Waals surface area contributed by atoms with Gasteiger partial charge in [0.2, 0.25) is 0 Å². The highest BCUT2D eigenvalue weighted by Crippen LogP contribution is 2.12. The molecule has 8 heteroatoms. The van der Waals surface area contributed by atoms with Gasteiger partial charge in [-0.2, -0.15) is 0 Å². The van der Waals surface area contributed by atoms with Crippen molar-refractivity contribution >= 4 is 30.8 Å². The number of carbonyl (C=O) groups is 1. The first-order valence-corrected chi connectivity index (χ1v) is 9.47. The predicted octanol–water partition coefficient (Wildman–Crippen LogP) is 2.89. The van der Waals surface area contributed by atoms with Crippen molar-refractivity contribution in [3.8, 4) is 0 Å². The molecule has 0 aliphatic carbocycles. The van der Waals surface area contributed by atoms with E-state index in [4.69, 9.17) is 14.6 Å². The fourth-order valence-electron chi connectivity index (χ4n) is 3.32. The highest BCUT2D eigenvalue weighted by Gasteiger charge is 2.12. The van der Waals surface area contributed by atoms with Crippen molar-refractivity contribution in [1.82, 2.24) is 9.80 Å². The van der Waals surface area contributed by atoms with E-state index in [1.54, 1.807) is 26.0 Å². The van der Waals surface area contributed by atoms with Crippen molar-refractivity contribution in [3.63, 3.8) is 0 Å². The van der Waals surface area contributed by atoms with Crippen LogP contribution in [0.25, 0.3) is 0 Å². The second-order valence-corrected chi connectivity index (χ2v) is 6.83. The van der Waals surface area contributed by atoms with Crippen LogP contribution in [0.5, 0.6) is 0 Å². The first-order chi connectivity index (χ1) is 12.6. The number of aromatic carboxylic acids is 1. The number of hydrogen-bond acceptors (Lipinski definition) is 5. The summed E-state index contributed by atoms with van der Waals surface area (Å²) in [7, 11) is 0. The maximum absolute atomic E-state index is 10.6. The van der Waals surface area contributed by atoms with Gasteiger partial charge in [-0.1, -0.05) is 18.2 Å². The number of carboxylic acid groups (broad SMARTS) is 1. The van der Waals surface area contributed by atoms with Crippen molar-refractivity contribution in [1.29, 1.82) is 0 Å². The summed E-state index contributed by atoms with van der Waals surface area (Å²) < 4.78 is 10.7. The van der Waals surface area contributed by atoms with Crippen LogP contribution in [0.2, 0.25) is 0 Å². The number of ether oxygens (including phenoxy) is 2. The third-order valence-corrected chi connectivity index (χ3v) is 4.85. The molecule has 6 nitrogen and oxygen atoms in total. The first kappa shape index (κ1) is 27.1. The van der Waals surface area contributed by atoms with Gasteiger partial charge in [0.25, 0.3) is 0 Å². The monoisotopic (exact) mass is 436 g/mol. The third-order valence-electron chi connectivity index (χ3n) is 4.85. The molecule has 2 saturated heterocycles. The van der Waals surface area contributed by atoms with Gasteiger partial charge in [-0.15, -0.1) is 24.8 Å². The first-order valence-electron chi connectivity index (χ1n) is 9.47. The summed E-state index contributed by atoms with van der Waals surface area (Å²) in [4.78, 5) is 15.7. The van der Waals surface area contributed by atoms with Gasteiger partial charge in [0.05, 0.1) is 32.0 Å². The number of hydrogen-bond donors (Lipinski definition) is 1. The molecule has 2 fully saturated rings. The molecule has 162 valence electrons. The lowest BCUT2D eigenvalue weighted by atomic mass is 10.0. The van der Waals surface area contributed by atoms with Gasteiger partial charge in [0.15, 0.2) is 0 Å². The van der Waals surface area contributed by atoms with E-state index in [2.05, 4.69) is 9.80 Å². The molecule has 1 N–H and O–H groups in total. The second-order valence-electron chi connectivity index (χ2n) is 6.83. The van der Waals surface area contributed by atoms with Crippen LogP contribution in [-0.2, 0) is 9.47 Å². The quantitative estimate of drug-likeness (QED) is 0.765. The molecule has 28 heavy (non-hydrogen) atoms. The Morgan fingerprint density at radius 2 is 1.29 bits per heavy atom. The van der Waals surface area contributed by atoms with E-state index in [0.717, 1.165) is 63.7 Å². The summed E-state index contributed by atoms with van der Waals surface area (Å²) in [5, 5.41) is 8.75. The SMILES string of the molecule is C(CN1CCOCC1)CN1CCOCC1.Cc1cccc(C)c1C(=O)O.Cl.Cl. The number of aryl methyl sites for hydroxylation is 2. The van der Waals surface area contributed by atoms with Crippen molar-refractivity contribution in [2.75, 3.05) is 65.7 Å². The zero-order valence-electron chi connectivity index (χ0n) is 16.9. The van der Waals surface area contributed by atoms with Gasteiger partial charge in [0, 0.05) is 26.2 Å². The average Bonchev–Trinajstić information content (AvgIpc) is 2.64. The Balaban J connectivity index is 0.000000507. The fraction of sp³-hybridized carbons (Fsp3) is 0.650. The predicted molar refractivity (Wildman–Crippen MR) is 117 cm³/mol. The van der Waals surface area contributed by atoms with E-state index in [1.165, 1.54) is 19.5 Å². The minimum Gasteiger partial charge on any atom is -0.478 e. The second kappa shape index (κ2) is 15.0. The molecule has 3 rings (SSSR count). The number of carboxylic acids is 1. The molecule has 0 radical (unpaired) electrons. The summed E-state index contributed by atoms with van der Waals surface area (Å²) in [6.45, 7) is 14.2. The largest absolute Gasteiger partial charge is 0.478 e. The lowest BCUT2D eigenvalue weighted by Crippen LogP contribution is -2.40. The Morgan fingerprint density at radius 3 is 1.61 bits per heavy atom. The molecular weight excluding hydrogens is 403 g/mol. The summed E-state index contributed by atoms with van der Waals surface area (Å²) in [6, 6.07) is 5.46. The van der Waals surface area contributed by atoms with E-state index in [1.807, 2.05) is 6.07 Å². The van der Waals surface area contributed by atoms with Gasteiger partial charge < -0.3 is 14.6 Å². The topological polar surface area (TPSA) is 62.2 Å². The maximum atomic E-state index is 10.6. The molecule has 0 saturated carbocycles. The van der Waals surface area contributed by atoms with Crippen LogP contribution in [0.15, 0.2) is 18.2 Å². The van der Waals surface area contributed by atoms with Gasteiger partial charge in [-0.3, -0.25) is 9.80 Å². The summed E-state index contributed by atoms with van der Waals surface area (Å²) in [5.41, 5.74) is 2.06. The van der Waals surface area contributed by atoms with Crippen LogP contribution >= 0.6 is 24.8 Å². The average molecular weight is 437 g/mol. The Labute approximate surface area is 181 Å². The number of rotatable bonds is 5. The smallest absolute Gasteiger partial charge is 0.336 e. The van der Waals surface area contributed by atoms with Crippen LogP contribution in [0.4, 0.5) is 0 Å². The Kier molecular flexibility index (Phi) is 14.5. The van der Waals surface area contributed by atoms with Crippen molar-refractivity contribution in [2.45, 2.75) is 20.3 Å². The third kappa shape index (κ3) is 9.54. The summed E-state index contributed by atoms with van der Waals surface area (Å²) >= 11 is 0. The molecule has 0 atom stereocenters. The molecule has 0 spiro atoms. The molecule has 2 heterocycles. The Hall–Kier alpha value is -0.890. The van der Waals surface area contributed by atoms with E-state index in [0.29, 0.717) is 5.56 Å². The van der Waals surface area contributed by atoms with E-state index >= 15 is 0 Å². The molecule has 0 aromatic heterocycles. The Bertz CT molecular complexity index is 525. The van der Waals surface area contributed by atoms with Gasteiger partial charge >= 0.3 is 5.97 Å². The number of benzene rings is 1. The molecule has 0 unspecified atom stereocenters. The lowest BCUT2D eigenvalue weighted by Gasteiger charge is -2.29. The molecule has 0 bridgehead atoms.